The van der Waals surface area contributed by atoms with Gasteiger partial charge in [-0.25, -0.2) is 9.98 Å². The summed E-state index contributed by atoms with van der Waals surface area (Å²) in [5.74, 6) is 0.651. The monoisotopic (exact) mass is 636 g/mol. The standard InChI is InChI=1S/C33H35ClF6N4/c1-6-23-14-24(7-2)30(28(34)15-23)42-31(25-16-26(32(35,36)37)18-27(17-25)33(38,39)40)44-13-9-12-43(19-44)22(5)41-29-20(3)10-8-11-21(29)4/h8,10-11,14-18H,6-7,9,12-13,19H2,1-5H3. The molecule has 0 N–H and O–H groups in total. The van der Waals surface area contributed by atoms with Crippen LogP contribution in [0.3, 0.4) is 0 Å². The second kappa shape index (κ2) is 13.2. The number of halogens is 7. The van der Waals surface area contributed by atoms with E-state index >= 15 is 0 Å². The van der Waals surface area contributed by atoms with Crippen molar-refractivity contribution in [2.75, 3.05) is 19.8 Å². The van der Waals surface area contributed by atoms with Crippen LogP contribution in [-0.4, -0.2) is 41.2 Å². The first-order valence-corrected chi connectivity index (χ1v) is 14.8. The summed E-state index contributed by atoms with van der Waals surface area (Å²) in [6.07, 6.45) is -8.21. The number of alkyl halides is 6. The summed E-state index contributed by atoms with van der Waals surface area (Å²) in [6, 6.07) is 11.1. The van der Waals surface area contributed by atoms with Gasteiger partial charge in [0.05, 0.1) is 34.2 Å². The van der Waals surface area contributed by atoms with E-state index in [4.69, 9.17) is 21.6 Å². The maximum absolute atomic E-state index is 13.9. The minimum Gasteiger partial charge on any atom is -0.342 e. The van der Waals surface area contributed by atoms with Crippen molar-refractivity contribution in [1.29, 1.82) is 0 Å². The number of aryl methyl sites for hydroxylation is 4. The van der Waals surface area contributed by atoms with E-state index in [2.05, 4.69) is 0 Å². The number of para-hydroxylation sites is 1. The van der Waals surface area contributed by atoms with Crippen LogP contribution in [0.1, 0.15) is 66.1 Å². The van der Waals surface area contributed by atoms with Crippen LogP contribution in [-0.2, 0) is 25.2 Å². The lowest BCUT2D eigenvalue weighted by Gasteiger charge is -2.39. The summed E-state index contributed by atoms with van der Waals surface area (Å²) in [5.41, 5.74) is 1.72. The molecule has 0 aromatic heterocycles. The number of hydrogen-bond acceptors (Lipinski definition) is 2. The highest BCUT2D eigenvalue weighted by Gasteiger charge is 2.38. The molecule has 3 aromatic carbocycles. The topological polar surface area (TPSA) is 31.2 Å². The molecule has 3 aromatic rings. The first kappa shape index (κ1) is 33.4. The Morgan fingerprint density at radius 2 is 1.39 bits per heavy atom. The Bertz CT molecular complexity index is 1520. The maximum Gasteiger partial charge on any atom is 0.416 e. The number of hydrogen-bond donors (Lipinski definition) is 0. The van der Waals surface area contributed by atoms with Gasteiger partial charge in [-0.2, -0.15) is 26.3 Å². The number of rotatable bonds is 5. The predicted molar refractivity (Wildman–Crippen MR) is 164 cm³/mol. The van der Waals surface area contributed by atoms with Crippen LogP contribution in [0.4, 0.5) is 37.7 Å². The smallest absolute Gasteiger partial charge is 0.342 e. The van der Waals surface area contributed by atoms with Crippen LogP contribution in [0.25, 0.3) is 0 Å². The maximum atomic E-state index is 13.9. The summed E-state index contributed by atoms with van der Waals surface area (Å²) in [5, 5.41) is 0.281. The largest absolute Gasteiger partial charge is 0.416 e. The third kappa shape index (κ3) is 7.57. The zero-order valence-corrected chi connectivity index (χ0v) is 26.1. The molecule has 0 aliphatic carbocycles. The van der Waals surface area contributed by atoms with Crippen LogP contribution in [0.2, 0.25) is 5.02 Å². The second-order valence-electron chi connectivity index (χ2n) is 10.9. The Morgan fingerprint density at radius 1 is 0.795 bits per heavy atom. The number of amidine groups is 2. The minimum atomic E-state index is -5.00. The van der Waals surface area contributed by atoms with Gasteiger partial charge in [0, 0.05) is 18.7 Å². The molecule has 0 radical (unpaired) electrons. The Labute approximate surface area is 259 Å². The van der Waals surface area contributed by atoms with Gasteiger partial charge >= 0.3 is 12.4 Å². The lowest BCUT2D eigenvalue weighted by atomic mass is 10.0. The Morgan fingerprint density at radius 3 is 1.93 bits per heavy atom. The van der Waals surface area contributed by atoms with Gasteiger partial charge in [-0.1, -0.05) is 49.7 Å². The van der Waals surface area contributed by atoms with Crippen LogP contribution in [0.15, 0.2) is 58.5 Å². The van der Waals surface area contributed by atoms with Crippen LogP contribution < -0.4 is 0 Å². The number of benzene rings is 3. The van der Waals surface area contributed by atoms with E-state index in [9.17, 15) is 26.3 Å². The van der Waals surface area contributed by atoms with Crippen molar-refractivity contribution in [2.24, 2.45) is 9.98 Å². The first-order chi connectivity index (χ1) is 20.6. The van der Waals surface area contributed by atoms with Gasteiger partial charge in [0.1, 0.15) is 11.7 Å². The SMILES string of the molecule is CCc1cc(Cl)c(N=C(c2cc(C(F)(F)F)cc(C(F)(F)F)c2)N2CCCN(C(C)=Nc3c(C)cccc3C)C2)c(CC)c1. The minimum absolute atomic E-state index is 0.0213. The fraction of sp³-hybridized carbons (Fsp3) is 0.394. The lowest BCUT2D eigenvalue weighted by Crippen LogP contribution is -2.49. The van der Waals surface area contributed by atoms with E-state index in [0.717, 1.165) is 40.1 Å². The highest BCUT2D eigenvalue weighted by Crippen LogP contribution is 2.38. The summed E-state index contributed by atoms with van der Waals surface area (Å²) in [7, 11) is 0. The molecule has 0 bridgehead atoms. The highest BCUT2D eigenvalue weighted by molar-refractivity contribution is 6.33. The van der Waals surface area contributed by atoms with Gasteiger partial charge in [-0.3, -0.25) is 0 Å². The van der Waals surface area contributed by atoms with Gasteiger partial charge in [0.25, 0.3) is 0 Å². The summed E-state index contributed by atoms with van der Waals surface area (Å²) in [4.78, 5) is 13.3. The van der Waals surface area contributed by atoms with Gasteiger partial charge < -0.3 is 9.80 Å². The fourth-order valence-corrected chi connectivity index (χ4v) is 5.58. The fourth-order valence-electron chi connectivity index (χ4n) is 5.28. The first-order valence-electron chi connectivity index (χ1n) is 14.4. The van der Waals surface area contributed by atoms with E-state index in [1.807, 2.05) is 63.8 Å². The lowest BCUT2D eigenvalue weighted by molar-refractivity contribution is -0.143. The molecule has 0 atom stereocenters. The summed E-state index contributed by atoms with van der Waals surface area (Å²) in [6.45, 7) is 10.7. The van der Waals surface area contributed by atoms with E-state index in [1.165, 1.54) is 0 Å². The number of aliphatic imine (C=N–C) groups is 2. The van der Waals surface area contributed by atoms with Crippen molar-refractivity contribution in [3.8, 4) is 0 Å². The molecule has 1 saturated heterocycles. The average molecular weight is 637 g/mol. The Kier molecular flexibility index (Phi) is 10.0. The van der Waals surface area contributed by atoms with Gasteiger partial charge in [0.2, 0.25) is 0 Å². The van der Waals surface area contributed by atoms with Gasteiger partial charge in [-0.15, -0.1) is 0 Å². The molecular formula is C33H35ClF6N4. The van der Waals surface area contributed by atoms with Crippen molar-refractivity contribution >= 4 is 34.6 Å². The van der Waals surface area contributed by atoms with Crippen LogP contribution in [0, 0.1) is 13.8 Å². The molecule has 236 valence electrons. The molecule has 1 fully saturated rings. The molecule has 0 unspecified atom stereocenters. The molecule has 0 amide bonds. The molecule has 0 spiro atoms. The quantitative estimate of drug-likeness (QED) is 0.159. The molecule has 1 aliphatic heterocycles. The molecule has 44 heavy (non-hydrogen) atoms. The Hall–Kier alpha value is -3.53. The van der Waals surface area contributed by atoms with E-state index < -0.39 is 23.5 Å². The van der Waals surface area contributed by atoms with Crippen molar-refractivity contribution in [3.05, 3.63) is 92.5 Å². The third-order valence-electron chi connectivity index (χ3n) is 7.72. The van der Waals surface area contributed by atoms with Crippen molar-refractivity contribution in [3.63, 3.8) is 0 Å². The molecule has 11 heteroatoms. The Balaban J connectivity index is 1.89. The van der Waals surface area contributed by atoms with E-state index in [-0.39, 0.29) is 29.2 Å². The summed E-state index contributed by atoms with van der Waals surface area (Å²) >= 11 is 6.65. The van der Waals surface area contributed by atoms with Crippen LogP contribution in [0.5, 0.6) is 0 Å². The summed E-state index contributed by atoms with van der Waals surface area (Å²) < 4.78 is 83.5. The molecule has 1 aliphatic rings. The van der Waals surface area contributed by atoms with Crippen LogP contribution >= 0.6 is 11.6 Å². The van der Waals surface area contributed by atoms with Gasteiger partial charge in [-0.05, 0) is 86.6 Å². The molecule has 0 saturated carbocycles. The van der Waals surface area contributed by atoms with Gasteiger partial charge in [0.15, 0.2) is 0 Å². The third-order valence-corrected chi connectivity index (χ3v) is 8.01. The predicted octanol–water partition coefficient (Wildman–Crippen LogP) is 9.91. The van der Waals surface area contributed by atoms with E-state index in [0.29, 0.717) is 43.9 Å². The molecule has 1 heterocycles. The average Bonchev–Trinajstić information content (AvgIpc) is 2.97. The van der Waals surface area contributed by atoms with Crippen molar-refractivity contribution < 1.29 is 26.3 Å². The molecular weight excluding hydrogens is 602 g/mol. The molecule has 4 nitrogen and oxygen atoms in total. The molecule has 4 rings (SSSR count). The van der Waals surface area contributed by atoms with E-state index in [1.54, 1.807) is 11.0 Å². The van der Waals surface area contributed by atoms with Crippen molar-refractivity contribution in [1.82, 2.24) is 9.80 Å². The zero-order valence-electron chi connectivity index (χ0n) is 25.3. The normalized spacial score (nSPS) is 15.3. The highest BCUT2D eigenvalue weighted by atomic mass is 35.5. The van der Waals surface area contributed by atoms with Crippen molar-refractivity contribution in [2.45, 2.75) is 66.2 Å². The zero-order chi connectivity index (χ0) is 32.4. The number of nitrogens with zero attached hydrogens (tertiary/aromatic N) is 4. The second-order valence-corrected chi connectivity index (χ2v) is 11.4.